The number of nitrogens with zero attached hydrogens (tertiary/aromatic N) is 2. The molecule has 4 rings (SSSR count). The van der Waals surface area contributed by atoms with Crippen molar-refractivity contribution in [2.45, 2.75) is 38.5 Å². The lowest BCUT2D eigenvalue weighted by molar-refractivity contribution is -0.140. The Kier molecular flexibility index (Phi) is 6.70. The Bertz CT molecular complexity index is 1120. The minimum Gasteiger partial charge on any atom is -0.497 e. The molecule has 32 heavy (non-hydrogen) atoms. The molecule has 1 amide bonds. The monoisotopic (exact) mass is 437 g/mol. The van der Waals surface area contributed by atoms with Gasteiger partial charge in [-0.1, -0.05) is 12.1 Å². The number of benzene rings is 2. The normalized spacial score (nSPS) is 16.6. The highest BCUT2D eigenvalue weighted by Crippen LogP contribution is 2.20. The van der Waals surface area contributed by atoms with Crippen LogP contribution in [0.1, 0.15) is 25.6 Å². The Morgan fingerprint density at radius 2 is 1.97 bits per heavy atom. The Morgan fingerprint density at radius 3 is 2.69 bits per heavy atom. The molecule has 0 spiro atoms. The molecular formula is C24H27N3O5. The Labute approximate surface area is 186 Å². The molecule has 168 valence electrons. The van der Waals surface area contributed by atoms with Crippen molar-refractivity contribution in [1.29, 1.82) is 0 Å². The van der Waals surface area contributed by atoms with Crippen molar-refractivity contribution in [2.75, 3.05) is 20.3 Å². The van der Waals surface area contributed by atoms with Gasteiger partial charge in [0.2, 0.25) is 0 Å². The van der Waals surface area contributed by atoms with E-state index in [1.807, 2.05) is 6.07 Å². The minimum absolute atomic E-state index is 0.0423. The first kappa shape index (κ1) is 21.8. The van der Waals surface area contributed by atoms with Gasteiger partial charge in [-0.25, -0.2) is 4.98 Å². The highest BCUT2D eigenvalue weighted by atomic mass is 16.5. The van der Waals surface area contributed by atoms with Crippen molar-refractivity contribution in [2.24, 2.45) is 0 Å². The summed E-state index contributed by atoms with van der Waals surface area (Å²) in [5.74, 6) is 1.51. The summed E-state index contributed by atoms with van der Waals surface area (Å²) in [6, 6.07) is 14.2. The van der Waals surface area contributed by atoms with E-state index in [2.05, 4.69) is 9.97 Å². The predicted octanol–water partition coefficient (Wildman–Crippen LogP) is 2.91. The summed E-state index contributed by atoms with van der Waals surface area (Å²) < 4.78 is 16.8. The number of H-pyrrole nitrogens is 1. The molecule has 1 aliphatic rings. The van der Waals surface area contributed by atoms with E-state index >= 15 is 0 Å². The maximum Gasteiger partial charge on any atom is 0.263 e. The molecular weight excluding hydrogens is 410 g/mol. The fraction of sp³-hybridized carbons (Fsp3) is 0.375. The van der Waals surface area contributed by atoms with Gasteiger partial charge in [0, 0.05) is 13.2 Å². The molecule has 8 heteroatoms. The van der Waals surface area contributed by atoms with Crippen LogP contribution in [0.4, 0.5) is 0 Å². The van der Waals surface area contributed by atoms with E-state index < -0.39 is 6.10 Å². The molecule has 1 N–H and O–H groups in total. The Balaban J connectivity index is 1.53. The number of methoxy groups -OCH3 is 1. The van der Waals surface area contributed by atoms with Crippen molar-refractivity contribution < 1.29 is 19.0 Å². The van der Waals surface area contributed by atoms with Gasteiger partial charge in [-0.2, -0.15) is 0 Å². The highest BCUT2D eigenvalue weighted by Gasteiger charge is 2.27. The van der Waals surface area contributed by atoms with Crippen molar-refractivity contribution in [3.05, 3.63) is 64.7 Å². The molecule has 1 saturated heterocycles. The second-order valence-corrected chi connectivity index (χ2v) is 7.82. The van der Waals surface area contributed by atoms with Gasteiger partial charge in [0.25, 0.3) is 11.5 Å². The molecule has 0 aliphatic carbocycles. The molecule has 0 radical (unpaired) electrons. The van der Waals surface area contributed by atoms with Crippen molar-refractivity contribution >= 4 is 16.8 Å². The second kappa shape index (κ2) is 9.82. The lowest BCUT2D eigenvalue weighted by Crippen LogP contribution is -2.44. The first-order valence-corrected chi connectivity index (χ1v) is 10.7. The molecule has 0 unspecified atom stereocenters. The third-order valence-corrected chi connectivity index (χ3v) is 5.48. The summed E-state index contributed by atoms with van der Waals surface area (Å²) in [5, 5.41) is 0.518. The quantitative estimate of drug-likeness (QED) is 0.582. The first-order valence-electron chi connectivity index (χ1n) is 10.7. The van der Waals surface area contributed by atoms with E-state index in [4.69, 9.17) is 14.2 Å². The number of carbonyl (C=O) groups excluding carboxylic acids is 1. The number of hydrogen-bond acceptors (Lipinski definition) is 6. The first-order chi connectivity index (χ1) is 15.5. The smallest absolute Gasteiger partial charge is 0.263 e. The number of hydrogen-bond donors (Lipinski definition) is 1. The molecule has 1 aliphatic heterocycles. The van der Waals surface area contributed by atoms with Crippen molar-refractivity contribution in [3.63, 3.8) is 0 Å². The summed E-state index contributed by atoms with van der Waals surface area (Å²) in [7, 11) is 1.59. The number of aromatic amines is 1. The molecule has 3 aromatic rings. The van der Waals surface area contributed by atoms with Crippen molar-refractivity contribution in [1.82, 2.24) is 14.9 Å². The maximum absolute atomic E-state index is 13.3. The topological polar surface area (TPSA) is 93.8 Å². The van der Waals surface area contributed by atoms with Crippen molar-refractivity contribution in [3.8, 4) is 11.5 Å². The number of amides is 1. The molecule has 1 fully saturated rings. The number of nitrogens with one attached hydrogen (secondary N) is 1. The largest absolute Gasteiger partial charge is 0.497 e. The van der Waals surface area contributed by atoms with E-state index in [9.17, 15) is 9.59 Å². The van der Waals surface area contributed by atoms with Crippen LogP contribution in [0.3, 0.4) is 0 Å². The third-order valence-electron chi connectivity index (χ3n) is 5.48. The molecule has 2 atom stereocenters. The average Bonchev–Trinajstić information content (AvgIpc) is 3.32. The Morgan fingerprint density at radius 1 is 1.22 bits per heavy atom. The van der Waals surface area contributed by atoms with Crippen LogP contribution in [-0.4, -0.2) is 53.2 Å². The van der Waals surface area contributed by atoms with E-state index in [1.54, 1.807) is 61.4 Å². The highest BCUT2D eigenvalue weighted by molar-refractivity contribution is 5.81. The van der Waals surface area contributed by atoms with Gasteiger partial charge in [0.15, 0.2) is 6.10 Å². The SMILES string of the molecule is COc1ccc(O[C@H](C)C(=O)N(Cc2nc3ccccc3c(=O)[nH]2)C[C@H]2CCCO2)cc1. The fourth-order valence-electron chi connectivity index (χ4n) is 3.82. The average molecular weight is 437 g/mol. The minimum atomic E-state index is -0.725. The van der Waals surface area contributed by atoms with Crippen LogP contribution >= 0.6 is 0 Å². The van der Waals surface area contributed by atoms with Gasteiger partial charge in [0.1, 0.15) is 17.3 Å². The zero-order valence-electron chi connectivity index (χ0n) is 18.2. The van der Waals surface area contributed by atoms with Gasteiger partial charge in [-0.3, -0.25) is 9.59 Å². The van der Waals surface area contributed by atoms with E-state index in [1.165, 1.54) is 0 Å². The predicted molar refractivity (Wildman–Crippen MR) is 120 cm³/mol. The van der Waals surface area contributed by atoms with Crippen LogP contribution in [0.2, 0.25) is 0 Å². The van der Waals surface area contributed by atoms with Crippen LogP contribution in [0.5, 0.6) is 11.5 Å². The summed E-state index contributed by atoms with van der Waals surface area (Å²) in [5.41, 5.74) is 0.371. The molecule has 1 aromatic heterocycles. The van der Waals surface area contributed by atoms with Crippen LogP contribution in [-0.2, 0) is 16.1 Å². The standard InChI is InChI=1S/C24H27N3O5/c1-16(32-18-11-9-17(30-2)10-12-18)24(29)27(14-19-6-5-13-31-19)15-22-25-21-8-4-3-7-20(21)23(28)26-22/h3-4,7-12,16,19H,5-6,13-15H2,1-2H3,(H,25,26,28)/t16-,19-/m1/s1. The van der Waals surface area contributed by atoms with E-state index in [0.717, 1.165) is 12.8 Å². The van der Waals surface area contributed by atoms with Crippen LogP contribution in [0.25, 0.3) is 10.9 Å². The van der Waals surface area contributed by atoms with Crippen LogP contribution < -0.4 is 15.0 Å². The third kappa shape index (κ3) is 5.08. The molecule has 2 aromatic carbocycles. The zero-order chi connectivity index (χ0) is 22.5. The number of fused-ring (bicyclic) bond motifs is 1. The zero-order valence-corrected chi connectivity index (χ0v) is 18.2. The second-order valence-electron chi connectivity index (χ2n) is 7.82. The van der Waals surface area contributed by atoms with Gasteiger partial charge in [0.05, 0.1) is 30.7 Å². The summed E-state index contributed by atoms with van der Waals surface area (Å²) >= 11 is 0. The molecule has 8 nitrogen and oxygen atoms in total. The summed E-state index contributed by atoms with van der Waals surface area (Å²) in [4.78, 5) is 34.8. The number of para-hydroxylation sites is 1. The maximum atomic E-state index is 13.3. The van der Waals surface area contributed by atoms with Gasteiger partial charge >= 0.3 is 0 Å². The summed E-state index contributed by atoms with van der Waals surface area (Å²) in [6.07, 6.45) is 1.09. The number of ether oxygens (including phenoxy) is 3. The molecule has 0 bridgehead atoms. The van der Waals surface area contributed by atoms with Crippen LogP contribution in [0, 0.1) is 0 Å². The Hall–Kier alpha value is -3.39. The number of aromatic nitrogens is 2. The lowest BCUT2D eigenvalue weighted by Gasteiger charge is -2.28. The van der Waals surface area contributed by atoms with Gasteiger partial charge in [-0.05, 0) is 56.2 Å². The van der Waals surface area contributed by atoms with E-state index in [-0.39, 0.29) is 24.1 Å². The van der Waals surface area contributed by atoms with Gasteiger partial charge in [-0.15, -0.1) is 0 Å². The van der Waals surface area contributed by atoms with Crippen LogP contribution in [0.15, 0.2) is 53.3 Å². The lowest BCUT2D eigenvalue weighted by atomic mass is 10.2. The fourth-order valence-corrected chi connectivity index (χ4v) is 3.82. The number of rotatable bonds is 8. The van der Waals surface area contributed by atoms with Gasteiger partial charge < -0.3 is 24.1 Å². The summed E-state index contributed by atoms with van der Waals surface area (Å²) in [6.45, 7) is 2.97. The molecule has 0 saturated carbocycles. The van der Waals surface area contributed by atoms with E-state index in [0.29, 0.717) is 41.4 Å². The molecule has 2 heterocycles. The number of carbonyl (C=O) groups is 1.